The van der Waals surface area contributed by atoms with Crippen molar-refractivity contribution < 1.29 is 13.9 Å². The van der Waals surface area contributed by atoms with Crippen molar-refractivity contribution in [3.05, 3.63) is 87.5 Å². The van der Waals surface area contributed by atoms with Crippen LogP contribution in [0.15, 0.2) is 69.3 Å². The molecule has 3 N–H and O–H groups in total. The van der Waals surface area contributed by atoms with E-state index in [0.717, 1.165) is 6.42 Å². The molecular formula is C23H26N4O5. The van der Waals surface area contributed by atoms with Crippen LogP contribution < -0.4 is 26.6 Å². The number of amides is 1. The second-order valence-electron chi connectivity index (χ2n) is 7.09. The van der Waals surface area contributed by atoms with Crippen LogP contribution in [0.25, 0.3) is 0 Å². The number of nitrogens with two attached hydrogens (primary N) is 1. The molecule has 9 heteroatoms. The molecule has 0 aliphatic rings. The fraction of sp³-hybridized carbons (Fsp3) is 0.261. The molecule has 0 bridgehead atoms. The molecule has 0 saturated heterocycles. The van der Waals surface area contributed by atoms with E-state index >= 15 is 0 Å². The highest BCUT2D eigenvalue weighted by Gasteiger charge is 2.26. The van der Waals surface area contributed by atoms with Gasteiger partial charge < -0.3 is 14.9 Å². The number of nitrogens with zero attached hydrogens (tertiary/aromatic N) is 2. The SMILES string of the molecule is C=CCOc1ccc(C(=O)N(Cc2ccco2)c2c(N)n(CCCC)c(=O)[nH]c2=O)cc1. The number of nitrogens with one attached hydrogen (secondary N) is 1. The summed E-state index contributed by atoms with van der Waals surface area (Å²) in [5.41, 5.74) is 5.09. The van der Waals surface area contributed by atoms with Crippen LogP contribution in [0.1, 0.15) is 35.9 Å². The first-order valence-corrected chi connectivity index (χ1v) is 10.3. The number of hydrogen-bond acceptors (Lipinski definition) is 6. The van der Waals surface area contributed by atoms with Gasteiger partial charge in [-0.1, -0.05) is 26.0 Å². The number of ether oxygens (including phenoxy) is 1. The van der Waals surface area contributed by atoms with Gasteiger partial charge in [0.05, 0.1) is 12.8 Å². The maximum absolute atomic E-state index is 13.4. The molecule has 2 aromatic heterocycles. The van der Waals surface area contributed by atoms with Gasteiger partial charge in [0.1, 0.15) is 23.9 Å². The summed E-state index contributed by atoms with van der Waals surface area (Å²) in [6.45, 7) is 6.19. The topological polar surface area (TPSA) is 124 Å². The van der Waals surface area contributed by atoms with Crippen LogP contribution in [0.5, 0.6) is 5.75 Å². The minimum absolute atomic E-state index is 0.0419. The Hall–Kier alpha value is -4.01. The fourth-order valence-electron chi connectivity index (χ4n) is 3.19. The number of rotatable bonds is 10. The Balaban J connectivity index is 2.05. The van der Waals surface area contributed by atoms with Crippen molar-refractivity contribution in [1.82, 2.24) is 9.55 Å². The van der Waals surface area contributed by atoms with Crippen molar-refractivity contribution in [1.29, 1.82) is 0 Å². The molecule has 0 radical (unpaired) electrons. The molecule has 0 aliphatic heterocycles. The summed E-state index contributed by atoms with van der Waals surface area (Å²) in [7, 11) is 0. The highest BCUT2D eigenvalue weighted by Crippen LogP contribution is 2.23. The summed E-state index contributed by atoms with van der Waals surface area (Å²) < 4.78 is 12.1. The average Bonchev–Trinajstić information content (AvgIpc) is 3.30. The molecule has 3 aromatic rings. The van der Waals surface area contributed by atoms with Gasteiger partial charge in [-0.2, -0.15) is 0 Å². The van der Waals surface area contributed by atoms with Gasteiger partial charge >= 0.3 is 5.69 Å². The van der Waals surface area contributed by atoms with Crippen molar-refractivity contribution in [2.75, 3.05) is 17.2 Å². The highest BCUT2D eigenvalue weighted by atomic mass is 16.5. The summed E-state index contributed by atoms with van der Waals surface area (Å²) >= 11 is 0. The van der Waals surface area contributed by atoms with E-state index in [9.17, 15) is 14.4 Å². The molecule has 0 unspecified atom stereocenters. The quantitative estimate of drug-likeness (QED) is 0.469. The van der Waals surface area contributed by atoms with E-state index in [1.165, 1.54) is 15.7 Å². The van der Waals surface area contributed by atoms with Crippen LogP contribution in [-0.4, -0.2) is 22.1 Å². The Morgan fingerprint density at radius 2 is 2.03 bits per heavy atom. The van der Waals surface area contributed by atoms with Gasteiger partial charge in [-0.05, 0) is 42.8 Å². The van der Waals surface area contributed by atoms with Crippen molar-refractivity contribution in [3.63, 3.8) is 0 Å². The Labute approximate surface area is 184 Å². The molecule has 0 saturated carbocycles. The normalized spacial score (nSPS) is 10.7. The summed E-state index contributed by atoms with van der Waals surface area (Å²) in [6, 6.07) is 9.85. The van der Waals surface area contributed by atoms with Gasteiger partial charge in [0, 0.05) is 12.1 Å². The predicted molar refractivity (Wildman–Crippen MR) is 122 cm³/mol. The van der Waals surface area contributed by atoms with E-state index < -0.39 is 17.2 Å². The van der Waals surface area contributed by atoms with Crippen LogP contribution in [0.2, 0.25) is 0 Å². The lowest BCUT2D eigenvalue weighted by molar-refractivity contribution is 0.0983. The first-order chi connectivity index (χ1) is 15.5. The zero-order chi connectivity index (χ0) is 23.1. The molecule has 3 rings (SSSR count). The molecule has 0 fully saturated rings. The summed E-state index contributed by atoms with van der Waals surface area (Å²) in [4.78, 5) is 42.0. The maximum atomic E-state index is 13.4. The van der Waals surface area contributed by atoms with Crippen LogP contribution in [0.3, 0.4) is 0 Å². The molecule has 0 atom stereocenters. The number of nitrogen functional groups attached to an aromatic ring is 1. The van der Waals surface area contributed by atoms with Crippen LogP contribution in [-0.2, 0) is 13.1 Å². The largest absolute Gasteiger partial charge is 0.490 e. The molecule has 168 valence electrons. The molecule has 32 heavy (non-hydrogen) atoms. The summed E-state index contributed by atoms with van der Waals surface area (Å²) in [6.07, 6.45) is 4.61. The van der Waals surface area contributed by atoms with E-state index in [4.69, 9.17) is 14.9 Å². The standard InChI is InChI=1S/C23H26N4O5/c1-3-5-12-26-20(24)19(21(28)25-23(26)30)27(15-18-7-6-14-32-18)22(29)16-8-10-17(11-9-16)31-13-4-2/h4,6-11,14H,2-3,5,12-13,15,24H2,1H3,(H,25,28,30). The molecule has 1 aromatic carbocycles. The molecular weight excluding hydrogens is 412 g/mol. The number of anilines is 2. The third-order valence-corrected chi connectivity index (χ3v) is 4.83. The zero-order valence-corrected chi connectivity index (χ0v) is 17.9. The molecule has 1 amide bonds. The number of carbonyl (C=O) groups is 1. The number of furan rings is 1. The smallest absolute Gasteiger partial charge is 0.330 e. The Morgan fingerprint density at radius 1 is 1.28 bits per heavy atom. The molecule has 2 heterocycles. The fourth-order valence-corrected chi connectivity index (χ4v) is 3.19. The van der Waals surface area contributed by atoms with Gasteiger partial charge in [0.15, 0.2) is 5.69 Å². The van der Waals surface area contributed by atoms with E-state index in [1.807, 2.05) is 6.92 Å². The number of benzene rings is 1. The van der Waals surface area contributed by atoms with Crippen LogP contribution in [0, 0.1) is 0 Å². The predicted octanol–water partition coefficient (Wildman–Crippen LogP) is 2.92. The number of unbranched alkanes of at least 4 members (excludes halogenated alkanes) is 1. The number of H-pyrrole nitrogens is 1. The second kappa shape index (κ2) is 10.3. The van der Waals surface area contributed by atoms with Gasteiger partial charge in [-0.25, -0.2) is 4.79 Å². The lowest BCUT2D eigenvalue weighted by atomic mass is 10.1. The number of hydrogen-bond donors (Lipinski definition) is 2. The zero-order valence-electron chi connectivity index (χ0n) is 17.9. The van der Waals surface area contributed by atoms with Gasteiger partial charge in [-0.15, -0.1) is 0 Å². The van der Waals surface area contributed by atoms with E-state index in [1.54, 1.807) is 42.5 Å². The minimum atomic E-state index is -0.744. The number of aromatic amines is 1. The summed E-state index contributed by atoms with van der Waals surface area (Å²) in [5.74, 6) is 0.478. The third kappa shape index (κ3) is 5.00. The van der Waals surface area contributed by atoms with Crippen molar-refractivity contribution in [2.24, 2.45) is 0 Å². The van der Waals surface area contributed by atoms with Crippen molar-refractivity contribution in [3.8, 4) is 5.75 Å². The van der Waals surface area contributed by atoms with E-state index in [2.05, 4.69) is 11.6 Å². The van der Waals surface area contributed by atoms with Crippen molar-refractivity contribution in [2.45, 2.75) is 32.9 Å². The Morgan fingerprint density at radius 3 is 2.66 bits per heavy atom. The lowest BCUT2D eigenvalue weighted by Gasteiger charge is -2.24. The van der Waals surface area contributed by atoms with Crippen LogP contribution in [0.4, 0.5) is 11.5 Å². The average molecular weight is 438 g/mol. The first kappa shape index (κ1) is 22.7. The lowest BCUT2D eigenvalue weighted by Crippen LogP contribution is -2.41. The Bertz CT molecular complexity index is 1180. The minimum Gasteiger partial charge on any atom is -0.490 e. The third-order valence-electron chi connectivity index (χ3n) is 4.83. The molecule has 0 aliphatic carbocycles. The molecule has 9 nitrogen and oxygen atoms in total. The number of aromatic nitrogens is 2. The van der Waals surface area contributed by atoms with Crippen LogP contribution >= 0.6 is 0 Å². The van der Waals surface area contributed by atoms with E-state index in [-0.39, 0.29) is 18.1 Å². The van der Waals surface area contributed by atoms with Gasteiger partial charge in [0.2, 0.25) is 0 Å². The summed E-state index contributed by atoms with van der Waals surface area (Å²) in [5, 5.41) is 0. The monoisotopic (exact) mass is 438 g/mol. The number of carbonyl (C=O) groups excluding carboxylic acids is 1. The second-order valence-corrected chi connectivity index (χ2v) is 7.09. The molecule has 0 spiro atoms. The van der Waals surface area contributed by atoms with E-state index in [0.29, 0.717) is 36.6 Å². The highest BCUT2D eigenvalue weighted by molar-refractivity contribution is 6.07. The Kier molecular flexibility index (Phi) is 7.33. The van der Waals surface area contributed by atoms with Gasteiger partial charge in [-0.3, -0.25) is 24.0 Å². The van der Waals surface area contributed by atoms with Gasteiger partial charge in [0.25, 0.3) is 11.5 Å². The maximum Gasteiger partial charge on any atom is 0.330 e. The van der Waals surface area contributed by atoms with Crippen molar-refractivity contribution >= 4 is 17.4 Å². The first-order valence-electron chi connectivity index (χ1n) is 10.3.